The number of nitrogens with one attached hydrogen (secondary N) is 2. The molecule has 6 heteroatoms. The Bertz CT molecular complexity index is 621. The highest BCUT2D eigenvalue weighted by atomic mass is 16.5. The van der Waals surface area contributed by atoms with E-state index in [2.05, 4.69) is 15.5 Å². The van der Waals surface area contributed by atoms with Gasteiger partial charge in [0.2, 0.25) is 5.91 Å². The first-order valence-electron chi connectivity index (χ1n) is 6.07. The van der Waals surface area contributed by atoms with Crippen molar-refractivity contribution in [1.82, 2.24) is 10.2 Å². The molecule has 1 heterocycles. The Morgan fingerprint density at radius 3 is 2.80 bits per heavy atom. The SMILES string of the molecule is COC(=O)c1cc(C)ccc1NC(=O)Cc1ccn[nH]1. The van der Waals surface area contributed by atoms with Crippen molar-refractivity contribution in [2.45, 2.75) is 13.3 Å². The molecular weight excluding hydrogens is 258 g/mol. The van der Waals surface area contributed by atoms with Gasteiger partial charge in [-0.25, -0.2) is 4.79 Å². The molecule has 0 fully saturated rings. The van der Waals surface area contributed by atoms with Gasteiger partial charge in [-0.2, -0.15) is 5.10 Å². The maximum Gasteiger partial charge on any atom is 0.339 e. The zero-order valence-corrected chi connectivity index (χ0v) is 11.3. The van der Waals surface area contributed by atoms with Gasteiger partial charge in [0.25, 0.3) is 0 Å². The topological polar surface area (TPSA) is 84.1 Å². The fourth-order valence-electron chi connectivity index (χ4n) is 1.80. The molecule has 0 atom stereocenters. The van der Waals surface area contributed by atoms with Gasteiger partial charge >= 0.3 is 5.97 Å². The van der Waals surface area contributed by atoms with Gasteiger partial charge in [0.05, 0.1) is 24.8 Å². The predicted molar refractivity (Wildman–Crippen MR) is 73.4 cm³/mol. The molecule has 1 aromatic heterocycles. The molecule has 0 aliphatic carbocycles. The number of anilines is 1. The molecule has 6 nitrogen and oxygen atoms in total. The van der Waals surface area contributed by atoms with Crippen LogP contribution in [0.25, 0.3) is 0 Å². The molecule has 2 rings (SSSR count). The number of ether oxygens (including phenoxy) is 1. The van der Waals surface area contributed by atoms with E-state index in [1.807, 2.05) is 13.0 Å². The molecule has 0 bridgehead atoms. The molecule has 0 spiro atoms. The summed E-state index contributed by atoms with van der Waals surface area (Å²) >= 11 is 0. The summed E-state index contributed by atoms with van der Waals surface area (Å²) in [5.74, 6) is -0.714. The molecule has 20 heavy (non-hydrogen) atoms. The Morgan fingerprint density at radius 1 is 1.35 bits per heavy atom. The van der Waals surface area contributed by atoms with Crippen molar-refractivity contribution in [2.75, 3.05) is 12.4 Å². The highest BCUT2D eigenvalue weighted by molar-refractivity contribution is 6.01. The molecular formula is C14H15N3O3. The van der Waals surface area contributed by atoms with Crippen LogP contribution in [0.5, 0.6) is 0 Å². The summed E-state index contributed by atoms with van der Waals surface area (Å²) in [6.07, 6.45) is 1.74. The second kappa shape index (κ2) is 6.01. The van der Waals surface area contributed by atoms with Crippen molar-refractivity contribution >= 4 is 17.6 Å². The second-order valence-corrected chi connectivity index (χ2v) is 4.35. The van der Waals surface area contributed by atoms with E-state index in [1.54, 1.807) is 24.4 Å². The standard InChI is InChI=1S/C14H15N3O3/c1-9-3-4-12(11(7-9)14(19)20-2)16-13(18)8-10-5-6-15-17-10/h3-7H,8H2,1-2H3,(H,15,17)(H,16,18). The summed E-state index contributed by atoms with van der Waals surface area (Å²) in [6.45, 7) is 1.86. The number of aromatic nitrogens is 2. The summed E-state index contributed by atoms with van der Waals surface area (Å²) in [5.41, 5.74) is 2.39. The van der Waals surface area contributed by atoms with E-state index in [0.29, 0.717) is 16.9 Å². The highest BCUT2D eigenvalue weighted by Gasteiger charge is 2.14. The number of methoxy groups -OCH3 is 1. The number of aromatic amines is 1. The first kappa shape index (κ1) is 13.8. The van der Waals surface area contributed by atoms with E-state index in [9.17, 15) is 9.59 Å². The van der Waals surface area contributed by atoms with Gasteiger partial charge < -0.3 is 10.1 Å². The van der Waals surface area contributed by atoms with Gasteiger partial charge in [-0.3, -0.25) is 9.89 Å². The predicted octanol–water partition coefficient (Wildman–Crippen LogP) is 1.69. The lowest BCUT2D eigenvalue weighted by molar-refractivity contribution is -0.115. The number of hydrogen-bond acceptors (Lipinski definition) is 4. The minimum Gasteiger partial charge on any atom is -0.465 e. The first-order chi connectivity index (χ1) is 9.60. The van der Waals surface area contributed by atoms with Gasteiger partial charge in [0.15, 0.2) is 0 Å². The van der Waals surface area contributed by atoms with Crippen molar-refractivity contribution in [3.63, 3.8) is 0 Å². The maximum atomic E-state index is 11.9. The van der Waals surface area contributed by atoms with Crippen molar-refractivity contribution in [3.8, 4) is 0 Å². The van der Waals surface area contributed by atoms with E-state index in [1.165, 1.54) is 7.11 Å². The molecule has 0 aliphatic rings. The number of benzene rings is 1. The lowest BCUT2D eigenvalue weighted by Crippen LogP contribution is -2.17. The molecule has 0 saturated heterocycles. The van der Waals surface area contributed by atoms with Crippen LogP contribution < -0.4 is 5.32 Å². The quantitative estimate of drug-likeness (QED) is 0.830. The fraction of sp³-hybridized carbons (Fsp3) is 0.214. The number of H-pyrrole nitrogens is 1. The van der Waals surface area contributed by atoms with Crippen molar-refractivity contribution in [3.05, 3.63) is 47.3 Å². The average molecular weight is 273 g/mol. The third kappa shape index (κ3) is 3.23. The van der Waals surface area contributed by atoms with E-state index in [0.717, 1.165) is 5.56 Å². The second-order valence-electron chi connectivity index (χ2n) is 4.35. The van der Waals surface area contributed by atoms with Crippen LogP contribution in [-0.2, 0) is 16.0 Å². The van der Waals surface area contributed by atoms with Crippen LogP contribution >= 0.6 is 0 Å². The summed E-state index contributed by atoms with van der Waals surface area (Å²) in [5, 5.41) is 9.19. The van der Waals surface area contributed by atoms with Crippen LogP contribution in [0.2, 0.25) is 0 Å². The zero-order valence-electron chi connectivity index (χ0n) is 11.3. The largest absolute Gasteiger partial charge is 0.465 e. The van der Waals surface area contributed by atoms with Gasteiger partial charge in [0, 0.05) is 11.9 Å². The summed E-state index contributed by atoms with van der Waals surface area (Å²) < 4.78 is 4.71. The van der Waals surface area contributed by atoms with Gasteiger partial charge in [0.1, 0.15) is 0 Å². The Labute approximate surface area is 116 Å². The monoisotopic (exact) mass is 273 g/mol. The van der Waals surface area contributed by atoms with E-state index >= 15 is 0 Å². The average Bonchev–Trinajstić information content (AvgIpc) is 2.92. The van der Waals surface area contributed by atoms with Crippen molar-refractivity contribution in [2.24, 2.45) is 0 Å². The van der Waals surface area contributed by atoms with Crippen LogP contribution in [0.1, 0.15) is 21.6 Å². The molecule has 0 saturated carbocycles. The van der Waals surface area contributed by atoms with Crippen molar-refractivity contribution in [1.29, 1.82) is 0 Å². The Morgan fingerprint density at radius 2 is 2.15 bits per heavy atom. The Balaban J connectivity index is 2.16. The number of esters is 1. The molecule has 1 amide bonds. The number of carbonyl (C=O) groups is 2. The zero-order chi connectivity index (χ0) is 14.5. The number of hydrogen-bond donors (Lipinski definition) is 2. The minimum atomic E-state index is -0.481. The number of carbonyl (C=O) groups excluding carboxylic acids is 2. The molecule has 104 valence electrons. The minimum absolute atomic E-state index is 0.161. The number of aryl methyl sites for hydroxylation is 1. The Kier molecular flexibility index (Phi) is 4.14. The molecule has 1 aromatic carbocycles. The number of nitrogens with zero attached hydrogens (tertiary/aromatic N) is 1. The molecule has 0 radical (unpaired) electrons. The van der Waals surface area contributed by atoms with E-state index < -0.39 is 5.97 Å². The number of amides is 1. The van der Waals surface area contributed by atoms with Gasteiger partial charge in [-0.15, -0.1) is 0 Å². The van der Waals surface area contributed by atoms with Crippen LogP contribution in [0.4, 0.5) is 5.69 Å². The van der Waals surface area contributed by atoms with Crippen LogP contribution in [0.15, 0.2) is 30.5 Å². The van der Waals surface area contributed by atoms with E-state index in [-0.39, 0.29) is 12.3 Å². The van der Waals surface area contributed by atoms with Gasteiger partial charge in [-0.05, 0) is 25.1 Å². The smallest absolute Gasteiger partial charge is 0.339 e. The normalized spacial score (nSPS) is 10.1. The molecule has 2 aromatic rings. The summed E-state index contributed by atoms with van der Waals surface area (Å²) in [7, 11) is 1.31. The lowest BCUT2D eigenvalue weighted by atomic mass is 10.1. The molecule has 0 aliphatic heterocycles. The fourth-order valence-corrected chi connectivity index (χ4v) is 1.80. The molecule has 0 unspecified atom stereocenters. The number of rotatable bonds is 4. The summed E-state index contributed by atoms with van der Waals surface area (Å²) in [4.78, 5) is 23.6. The Hall–Kier alpha value is -2.63. The van der Waals surface area contributed by atoms with Gasteiger partial charge in [-0.1, -0.05) is 11.6 Å². The van der Waals surface area contributed by atoms with Crippen LogP contribution in [0, 0.1) is 6.92 Å². The first-order valence-corrected chi connectivity index (χ1v) is 6.07. The van der Waals surface area contributed by atoms with Crippen LogP contribution in [-0.4, -0.2) is 29.2 Å². The molecule has 2 N–H and O–H groups in total. The lowest BCUT2D eigenvalue weighted by Gasteiger charge is -2.10. The van der Waals surface area contributed by atoms with E-state index in [4.69, 9.17) is 4.74 Å². The van der Waals surface area contributed by atoms with Crippen molar-refractivity contribution < 1.29 is 14.3 Å². The van der Waals surface area contributed by atoms with Crippen LogP contribution in [0.3, 0.4) is 0 Å². The highest BCUT2D eigenvalue weighted by Crippen LogP contribution is 2.18. The maximum absolute atomic E-state index is 11.9. The summed E-state index contributed by atoms with van der Waals surface area (Å²) in [6, 6.07) is 6.90. The third-order valence-electron chi connectivity index (χ3n) is 2.76. The third-order valence-corrected chi connectivity index (χ3v) is 2.76.